The first-order valence-electron chi connectivity index (χ1n) is 9.93. The highest BCUT2D eigenvalue weighted by atomic mass is 35.5. The minimum absolute atomic E-state index is 0.165. The van der Waals surface area contributed by atoms with Crippen LogP contribution in [-0.4, -0.2) is 15.7 Å². The molecule has 0 aliphatic carbocycles. The monoisotopic (exact) mass is 453 g/mol. The van der Waals surface area contributed by atoms with Gasteiger partial charge < -0.3 is 14.5 Å². The lowest BCUT2D eigenvalue weighted by molar-refractivity contribution is 0.0992. The zero-order valence-electron chi connectivity index (χ0n) is 17.6. The van der Waals surface area contributed by atoms with Crippen molar-refractivity contribution in [3.8, 4) is 5.75 Å². The predicted octanol–water partition coefficient (Wildman–Crippen LogP) is 5.77. The number of aryl methyl sites for hydroxylation is 2. The quantitative estimate of drug-likeness (QED) is 0.386. The Balaban J connectivity index is 1.35. The van der Waals surface area contributed by atoms with Crippen molar-refractivity contribution in [3.63, 3.8) is 0 Å². The molecule has 0 fully saturated rings. The number of carbonyl (C=O) groups is 1. The van der Waals surface area contributed by atoms with Gasteiger partial charge in [-0.15, -0.1) is 0 Å². The van der Waals surface area contributed by atoms with Crippen LogP contribution in [0.25, 0.3) is 0 Å². The molecule has 0 aliphatic heterocycles. The van der Waals surface area contributed by atoms with Crippen LogP contribution in [0.1, 0.15) is 33.0 Å². The Morgan fingerprint density at radius 1 is 1.16 bits per heavy atom. The third kappa shape index (κ3) is 5.36. The van der Waals surface area contributed by atoms with Crippen molar-refractivity contribution in [2.24, 2.45) is 0 Å². The summed E-state index contributed by atoms with van der Waals surface area (Å²) in [5, 5.41) is 7.26. The standard InChI is InChI=1S/C24H21ClFN3O3/c1-15-7-16(2)9-21(8-15)31-14-20-5-6-23(32-20)24(30)28-19-11-27-29(13-19)12-17-3-4-18(26)10-22(17)25/h3-11,13H,12,14H2,1-2H3,(H,28,30). The first-order chi connectivity index (χ1) is 15.4. The number of furan rings is 1. The number of amides is 1. The van der Waals surface area contributed by atoms with Gasteiger partial charge in [0, 0.05) is 11.2 Å². The van der Waals surface area contributed by atoms with E-state index in [1.807, 2.05) is 26.0 Å². The molecule has 0 spiro atoms. The average molecular weight is 454 g/mol. The maximum Gasteiger partial charge on any atom is 0.291 e. The highest BCUT2D eigenvalue weighted by molar-refractivity contribution is 6.31. The van der Waals surface area contributed by atoms with Gasteiger partial charge in [0.15, 0.2) is 5.76 Å². The predicted molar refractivity (Wildman–Crippen MR) is 120 cm³/mol. The molecule has 2 aromatic carbocycles. The second kappa shape index (κ2) is 9.28. The average Bonchev–Trinajstić information content (AvgIpc) is 3.37. The fourth-order valence-corrected chi connectivity index (χ4v) is 3.51. The maximum atomic E-state index is 13.2. The van der Waals surface area contributed by atoms with Gasteiger partial charge in [0.25, 0.3) is 5.91 Å². The van der Waals surface area contributed by atoms with Crippen molar-refractivity contribution in [1.29, 1.82) is 0 Å². The summed E-state index contributed by atoms with van der Waals surface area (Å²) >= 11 is 6.06. The van der Waals surface area contributed by atoms with Gasteiger partial charge in [0.05, 0.1) is 18.4 Å². The Morgan fingerprint density at radius 2 is 1.94 bits per heavy atom. The molecule has 0 saturated carbocycles. The number of hydrogen-bond donors (Lipinski definition) is 1. The van der Waals surface area contributed by atoms with Crippen molar-refractivity contribution in [1.82, 2.24) is 9.78 Å². The van der Waals surface area contributed by atoms with Gasteiger partial charge in [-0.05, 0) is 66.9 Å². The molecule has 32 heavy (non-hydrogen) atoms. The van der Waals surface area contributed by atoms with Gasteiger partial charge >= 0.3 is 0 Å². The molecule has 1 N–H and O–H groups in total. The van der Waals surface area contributed by atoms with Crippen LogP contribution in [-0.2, 0) is 13.2 Å². The van der Waals surface area contributed by atoms with Crippen LogP contribution in [0.2, 0.25) is 5.02 Å². The lowest BCUT2D eigenvalue weighted by Gasteiger charge is -2.06. The third-order valence-corrected chi connectivity index (χ3v) is 5.05. The minimum Gasteiger partial charge on any atom is -0.486 e. The molecule has 2 aromatic heterocycles. The zero-order chi connectivity index (χ0) is 22.7. The molecular formula is C24H21ClFN3O3. The van der Waals surface area contributed by atoms with E-state index in [-0.39, 0.29) is 12.4 Å². The van der Waals surface area contributed by atoms with E-state index in [1.54, 1.807) is 29.1 Å². The first-order valence-corrected chi connectivity index (χ1v) is 10.3. The highest BCUT2D eigenvalue weighted by Gasteiger charge is 2.13. The van der Waals surface area contributed by atoms with Gasteiger partial charge in [-0.2, -0.15) is 5.10 Å². The number of ether oxygens (including phenoxy) is 1. The van der Waals surface area contributed by atoms with E-state index in [9.17, 15) is 9.18 Å². The Bertz CT molecular complexity index is 1240. The molecule has 2 heterocycles. The van der Waals surface area contributed by atoms with E-state index in [4.69, 9.17) is 20.8 Å². The third-order valence-electron chi connectivity index (χ3n) is 4.70. The molecule has 4 aromatic rings. The molecule has 8 heteroatoms. The topological polar surface area (TPSA) is 69.3 Å². The van der Waals surface area contributed by atoms with Crippen molar-refractivity contribution in [3.05, 3.63) is 100.0 Å². The number of carbonyl (C=O) groups excluding carboxylic acids is 1. The van der Waals surface area contributed by atoms with Crippen molar-refractivity contribution in [2.75, 3.05) is 5.32 Å². The summed E-state index contributed by atoms with van der Waals surface area (Å²) in [7, 11) is 0. The van der Waals surface area contributed by atoms with Gasteiger partial charge in [-0.1, -0.05) is 23.7 Å². The Morgan fingerprint density at radius 3 is 2.69 bits per heavy atom. The largest absolute Gasteiger partial charge is 0.486 e. The summed E-state index contributed by atoms with van der Waals surface area (Å²) in [6, 6.07) is 13.4. The fraction of sp³-hybridized carbons (Fsp3) is 0.167. The van der Waals surface area contributed by atoms with Gasteiger partial charge in [-0.3, -0.25) is 9.48 Å². The van der Waals surface area contributed by atoms with Crippen molar-refractivity contribution in [2.45, 2.75) is 27.0 Å². The molecule has 0 atom stereocenters. The number of halogens is 2. The molecule has 6 nitrogen and oxygen atoms in total. The van der Waals surface area contributed by atoms with Crippen LogP contribution in [0, 0.1) is 19.7 Å². The van der Waals surface area contributed by atoms with Gasteiger partial charge in [-0.25, -0.2) is 4.39 Å². The zero-order valence-corrected chi connectivity index (χ0v) is 18.3. The summed E-state index contributed by atoms with van der Waals surface area (Å²) in [6.07, 6.45) is 3.17. The molecule has 0 aliphatic rings. The summed E-state index contributed by atoms with van der Waals surface area (Å²) < 4.78 is 26.2. The van der Waals surface area contributed by atoms with Crippen LogP contribution in [0.15, 0.2) is 65.3 Å². The molecule has 0 saturated heterocycles. The van der Waals surface area contributed by atoms with Crippen molar-refractivity contribution >= 4 is 23.2 Å². The Hall–Kier alpha value is -3.58. The second-order valence-corrected chi connectivity index (χ2v) is 7.90. The Kier molecular flexibility index (Phi) is 6.28. The first kappa shape index (κ1) is 21.6. The summed E-state index contributed by atoms with van der Waals surface area (Å²) in [5.41, 5.74) is 3.44. The van der Waals surface area contributed by atoms with Crippen LogP contribution in [0.5, 0.6) is 5.75 Å². The number of anilines is 1. The molecular weight excluding hydrogens is 433 g/mol. The van der Waals surface area contributed by atoms with E-state index < -0.39 is 11.7 Å². The number of rotatable bonds is 7. The van der Waals surface area contributed by atoms with Crippen LogP contribution in [0.4, 0.5) is 10.1 Å². The summed E-state index contributed by atoms with van der Waals surface area (Å²) in [5.74, 6) is 0.652. The number of nitrogens with zero attached hydrogens (tertiary/aromatic N) is 2. The number of hydrogen-bond acceptors (Lipinski definition) is 4. The normalized spacial score (nSPS) is 10.9. The van der Waals surface area contributed by atoms with Crippen LogP contribution in [0.3, 0.4) is 0 Å². The van der Waals surface area contributed by atoms with E-state index in [2.05, 4.69) is 16.5 Å². The molecule has 164 valence electrons. The summed E-state index contributed by atoms with van der Waals surface area (Å²) in [6.45, 7) is 4.57. The molecule has 1 amide bonds. The highest BCUT2D eigenvalue weighted by Crippen LogP contribution is 2.20. The number of benzene rings is 2. The SMILES string of the molecule is Cc1cc(C)cc(OCc2ccc(C(=O)Nc3cnn(Cc4ccc(F)cc4Cl)c3)o2)c1. The fourth-order valence-electron chi connectivity index (χ4n) is 3.28. The van der Waals surface area contributed by atoms with Crippen LogP contribution < -0.4 is 10.1 Å². The smallest absolute Gasteiger partial charge is 0.291 e. The minimum atomic E-state index is -0.401. The Labute approximate surface area is 189 Å². The molecule has 0 unspecified atom stereocenters. The van der Waals surface area contributed by atoms with Crippen molar-refractivity contribution < 1.29 is 18.3 Å². The van der Waals surface area contributed by atoms with E-state index >= 15 is 0 Å². The molecule has 0 radical (unpaired) electrons. The van der Waals surface area contributed by atoms with Gasteiger partial charge in [0.1, 0.15) is 23.9 Å². The lowest BCUT2D eigenvalue weighted by Crippen LogP contribution is -2.10. The lowest BCUT2D eigenvalue weighted by atomic mass is 10.1. The van der Waals surface area contributed by atoms with Crippen LogP contribution >= 0.6 is 11.6 Å². The maximum absolute atomic E-state index is 13.2. The summed E-state index contributed by atoms with van der Waals surface area (Å²) in [4.78, 5) is 12.5. The van der Waals surface area contributed by atoms with Gasteiger partial charge in [0.2, 0.25) is 0 Å². The molecule has 4 rings (SSSR count). The number of aromatic nitrogens is 2. The van der Waals surface area contributed by atoms with E-state index in [0.29, 0.717) is 28.6 Å². The van der Waals surface area contributed by atoms with E-state index in [1.165, 1.54) is 18.3 Å². The molecule has 0 bridgehead atoms. The second-order valence-electron chi connectivity index (χ2n) is 7.49. The number of nitrogens with one attached hydrogen (secondary N) is 1. The van der Waals surface area contributed by atoms with E-state index in [0.717, 1.165) is 16.9 Å².